The van der Waals surface area contributed by atoms with Crippen LogP contribution < -0.4 is 10.6 Å². The molecule has 0 aliphatic carbocycles. The smallest absolute Gasteiger partial charge is 0.332 e. The Morgan fingerprint density at radius 2 is 2.25 bits per heavy atom. The lowest BCUT2D eigenvalue weighted by molar-refractivity contribution is -0.385. The fourth-order valence-electron chi connectivity index (χ4n) is 2.37. The predicted molar refractivity (Wildman–Crippen MR) is 77.1 cm³/mol. The van der Waals surface area contributed by atoms with Gasteiger partial charge >= 0.3 is 5.69 Å². The quantitative estimate of drug-likeness (QED) is 0.618. The van der Waals surface area contributed by atoms with Crippen molar-refractivity contribution in [2.45, 2.75) is 26.3 Å². The van der Waals surface area contributed by atoms with Gasteiger partial charge in [-0.05, 0) is 33.9 Å². The molecule has 1 aliphatic heterocycles. The van der Waals surface area contributed by atoms with Gasteiger partial charge in [-0.15, -0.1) is 0 Å². The van der Waals surface area contributed by atoms with Crippen molar-refractivity contribution >= 4 is 17.5 Å². The maximum atomic E-state index is 11.2. The lowest BCUT2D eigenvalue weighted by Gasteiger charge is -2.15. The molecule has 0 bridgehead atoms. The molecule has 110 valence electrons. The third kappa shape index (κ3) is 3.13. The molecule has 1 unspecified atom stereocenters. The minimum Gasteiger partial charge on any atom is -0.360 e. The van der Waals surface area contributed by atoms with Crippen molar-refractivity contribution in [3.63, 3.8) is 0 Å². The van der Waals surface area contributed by atoms with E-state index in [4.69, 9.17) is 0 Å². The summed E-state index contributed by atoms with van der Waals surface area (Å²) in [5.41, 5.74) is 0.330. The van der Waals surface area contributed by atoms with Crippen LogP contribution in [0.15, 0.2) is 0 Å². The molecule has 2 N–H and O–H groups in total. The number of rotatable bonds is 5. The minimum atomic E-state index is -0.425. The number of likely N-dealkylation sites (N-methyl/N-ethyl adjacent to an activating group) is 1. The highest BCUT2D eigenvalue weighted by molar-refractivity contribution is 5.61. The van der Waals surface area contributed by atoms with Crippen LogP contribution in [0.4, 0.5) is 17.5 Å². The average Bonchev–Trinajstić information content (AvgIpc) is 2.74. The summed E-state index contributed by atoms with van der Waals surface area (Å²) >= 11 is 0. The molecule has 1 saturated heterocycles. The van der Waals surface area contributed by atoms with E-state index in [1.165, 1.54) is 0 Å². The zero-order chi connectivity index (χ0) is 14.7. The van der Waals surface area contributed by atoms with Gasteiger partial charge in [0.25, 0.3) is 0 Å². The molecule has 1 aromatic heterocycles. The summed E-state index contributed by atoms with van der Waals surface area (Å²) in [6, 6.07) is 0.183. The van der Waals surface area contributed by atoms with Crippen molar-refractivity contribution in [1.29, 1.82) is 0 Å². The topological polar surface area (TPSA) is 96.2 Å². The molecule has 0 amide bonds. The van der Waals surface area contributed by atoms with Crippen molar-refractivity contribution < 1.29 is 4.92 Å². The Balaban J connectivity index is 2.29. The molecule has 8 nitrogen and oxygen atoms in total. The minimum absolute atomic E-state index is 0.0405. The second-order valence-corrected chi connectivity index (χ2v) is 5.01. The Kier molecular flexibility index (Phi) is 4.33. The molecule has 0 spiro atoms. The molecule has 2 heterocycles. The van der Waals surface area contributed by atoms with E-state index in [0.717, 1.165) is 19.5 Å². The molecule has 0 saturated carbocycles. The Morgan fingerprint density at radius 1 is 1.50 bits per heavy atom. The summed E-state index contributed by atoms with van der Waals surface area (Å²) in [4.78, 5) is 21.3. The van der Waals surface area contributed by atoms with Gasteiger partial charge in [-0.3, -0.25) is 10.1 Å². The highest BCUT2D eigenvalue weighted by Gasteiger charge is 2.26. The van der Waals surface area contributed by atoms with Crippen LogP contribution >= 0.6 is 0 Å². The second kappa shape index (κ2) is 6.00. The number of nitrogens with zero attached hydrogens (tertiary/aromatic N) is 4. The highest BCUT2D eigenvalue weighted by atomic mass is 16.6. The van der Waals surface area contributed by atoms with Crippen LogP contribution in [0.2, 0.25) is 0 Å². The SMILES string of the molecule is CCNc1nc(C)c([N+](=O)[O-])c(NC2CCN(C)C2)n1. The van der Waals surface area contributed by atoms with E-state index in [2.05, 4.69) is 25.5 Å². The first kappa shape index (κ1) is 14.4. The largest absolute Gasteiger partial charge is 0.360 e. The summed E-state index contributed by atoms with van der Waals surface area (Å²) in [6.45, 7) is 6.07. The summed E-state index contributed by atoms with van der Waals surface area (Å²) in [7, 11) is 2.03. The average molecular weight is 280 g/mol. The number of nitro groups is 1. The fourth-order valence-corrected chi connectivity index (χ4v) is 2.37. The normalized spacial score (nSPS) is 19.1. The van der Waals surface area contributed by atoms with Crippen LogP contribution in [0.5, 0.6) is 0 Å². The fraction of sp³-hybridized carbons (Fsp3) is 0.667. The molecular formula is C12H20N6O2. The Hall–Kier alpha value is -1.96. The van der Waals surface area contributed by atoms with Gasteiger partial charge in [0, 0.05) is 19.1 Å². The van der Waals surface area contributed by atoms with E-state index in [1.807, 2.05) is 14.0 Å². The first-order chi connectivity index (χ1) is 9.51. The Labute approximate surface area is 117 Å². The molecule has 8 heteroatoms. The summed E-state index contributed by atoms with van der Waals surface area (Å²) < 4.78 is 0. The van der Waals surface area contributed by atoms with Crippen LogP contribution in [0.3, 0.4) is 0 Å². The number of hydrogen-bond donors (Lipinski definition) is 2. The van der Waals surface area contributed by atoms with Crippen molar-refractivity contribution in [3.05, 3.63) is 15.8 Å². The number of anilines is 2. The van der Waals surface area contributed by atoms with Crippen molar-refractivity contribution in [2.24, 2.45) is 0 Å². The maximum Gasteiger partial charge on any atom is 0.332 e. The third-order valence-electron chi connectivity index (χ3n) is 3.31. The zero-order valence-electron chi connectivity index (χ0n) is 12.0. The van der Waals surface area contributed by atoms with Crippen molar-refractivity contribution in [3.8, 4) is 0 Å². The molecule has 1 aliphatic rings. The van der Waals surface area contributed by atoms with E-state index < -0.39 is 4.92 Å². The highest BCUT2D eigenvalue weighted by Crippen LogP contribution is 2.28. The van der Waals surface area contributed by atoms with Gasteiger partial charge in [0.05, 0.1) is 4.92 Å². The van der Waals surface area contributed by atoms with E-state index in [1.54, 1.807) is 6.92 Å². The van der Waals surface area contributed by atoms with E-state index >= 15 is 0 Å². The maximum absolute atomic E-state index is 11.2. The van der Waals surface area contributed by atoms with Crippen molar-refractivity contribution in [1.82, 2.24) is 14.9 Å². The van der Waals surface area contributed by atoms with Crippen LogP contribution in [0.25, 0.3) is 0 Å². The Morgan fingerprint density at radius 3 is 2.80 bits per heavy atom. The van der Waals surface area contributed by atoms with Gasteiger partial charge in [0.1, 0.15) is 5.69 Å². The number of hydrogen-bond acceptors (Lipinski definition) is 7. The van der Waals surface area contributed by atoms with Crippen molar-refractivity contribution in [2.75, 3.05) is 37.3 Å². The molecule has 1 fully saturated rings. The number of aryl methyl sites for hydroxylation is 1. The van der Waals surface area contributed by atoms with Crippen LogP contribution in [-0.4, -0.2) is 52.5 Å². The van der Waals surface area contributed by atoms with Gasteiger partial charge in [-0.25, -0.2) is 4.98 Å². The van der Waals surface area contributed by atoms with Gasteiger partial charge < -0.3 is 15.5 Å². The lowest BCUT2D eigenvalue weighted by Crippen LogP contribution is -2.25. The molecule has 2 rings (SSSR count). The van der Waals surface area contributed by atoms with Gasteiger partial charge in [0.2, 0.25) is 11.8 Å². The molecule has 0 radical (unpaired) electrons. The Bertz CT molecular complexity index is 507. The van der Waals surface area contributed by atoms with Gasteiger partial charge in [0.15, 0.2) is 0 Å². The third-order valence-corrected chi connectivity index (χ3v) is 3.31. The second-order valence-electron chi connectivity index (χ2n) is 5.01. The first-order valence-electron chi connectivity index (χ1n) is 6.73. The van der Waals surface area contributed by atoms with E-state index in [0.29, 0.717) is 24.0 Å². The summed E-state index contributed by atoms with van der Waals surface area (Å²) in [5, 5.41) is 17.4. The predicted octanol–water partition coefficient (Wildman–Crippen LogP) is 1.24. The first-order valence-corrected chi connectivity index (χ1v) is 6.73. The molecule has 20 heavy (non-hydrogen) atoms. The number of likely N-dealkylation sites (tertiary alicyclic amines) is 1. The summed E-state index contributed by atoms with van der Waals surface area (Å²) in [5.74, 6) is 0.725. The molecule has 0 aromatic carbocycles. The molecular weight excluding hydrogens is 260 g/mol. The van der Waals surface area contributed by atoms with Crippen LogP contribution in [0, 0.1) is 17.0 Å². The molecule has 1 atom stereocenters. The van der Waals surface area contributed by atoms with Gasteiger partial charge in [-0.1, -0.05) is 0 Å². The van der Waals surface area contributed by atoms with Crippen LogP contribution in [0.1, 0.15) is 19.0 Å². The lowest BCUT2D eigenvalue weighted by atomic mass is 10.2. The standard InChI is InChI=1S/C12H20N6O2/c1-4-13-12-14-8(2)10(18(19)20)11(16-12)15-9-5-6-17(3)7-9/h9H,4-7H2,1-3H3,(H2,13,14,15,16). The van der Waals surface area contributed by atoms with Gasteiger partial charge in [-0.2, -0.15) is 4.98 Å². The zero-order valence-corrected chi connectivity index (χ0v) is 12.0. The summed E-state index contributed by atoms with van der Waals surface area (Å²) in [6.07, 6.45) is 0.952. The molecule has 1 aromatic rings. The van der Waals surface area contributed by atoms with Crippen LogP contribution in [-0.2, 0) is 0 Å². The van der Waals surface area contributed by atoms with E-state index in [9.17, 15) is 10.1 Å². The van der Waals surface area contributed by atoms with E-state index in [-0.39, 0.29) is 11.7 Å². The monoisotopic (exact) mass is 280 g/mol. The number of nitrogens with one attached hydrogen (secondary N) is 2. The number of aromatic nitrogens is 2.